The van der Waals surface area contributed by atoms with Gasteiger partial charge in [-0.2, -0.15) is 0 Å². The average Bonchev–Trinajstić information content (AvgIpc) is 2.55. The number of nitrogens with one attached hydrogen (secondary N) is 2. The topological polar surface area (TPSA) is 50.4 Å². The molecular weight excluding hydrogens is 276 g/mol. The highest BCUT2D eigenvalue weighted by Crippen LogP contribution is 2.26. The van der Waals surface area contributed by atoms with Gasteiger partial charge in [-0.3, -0.25) is 0 Å². The summed E-state index contributed by atoms with van der Waals surface area (Å²) in [5, 5.41) is 6.09. The van der Waals surface area contributed by atoms with Gasteiger partial charge in [-0.15, -0.1) is 0 Å². The molecule has 4 heteroatoms. The minimum absolute atomic E-state index is 0.0769. The van der Waals surface area contributed by atoms with Gasteiger partial charge < -0.3 is 15.4 Å². The fourth-order valence-electron chi connectivity index (χ4n) is 3.51. The molecule has 0 spiro atoms. The zero-order valence-corrected chi connectivity index (χ0v) is 13.4. The van der Waals surface area contributed by atoms with Gasteiger partial charge in [0.2, 0.25) is 0 Å². The normalized spacial score (nSPS) is 24.4. The van der Waals surface area contributed by atoms with Crippen LogP contribution in [0.25, 0.3) is 0 Å². The van der Waals surface area contributed by atoms with Crippen LogP contribution in [0.5, 0.6) is 0 Å². The van der Waals surface area contributed by atoms with E-state index in [0.717, 1.165) is 37.5 Å². The van der Waals surface area contributed by atoms with Gasteiger partial charge in [-0.1, -0.05) is 19.4 Å². The van der Waals surface area contributed by atoms with E-state index >= 15 is 0 Å². The summed E-state index contributed by atoms with van der Waals surface area (Å²) in [6.45, 7) is 3.71. The minimum Gasteiger partial charge on any atom is -0.376 e. The molecule has 0 aromatic heterocycles. The number of amides is 2. The SMILES string of the molecule is CCC1CCC(NC(=O)Nc2ccc3c(c2)CCOC3)CC1. The number of carbonyl (C=O) groups excluding carboxylic acids is 1. The molecule has 2 N–H and O–H groups in total. The van der Waals surface area contributed by atoms with Gasteiger partial charge in [0.1, 0.15) is 0 Å². The molecule has 0 unspecified atom stereocenters. The number of urea groups is 1. The summed E-state index contributed by atoms with van der Waals surface area (Å²) >= 11 is 0. The van der Waals surface area contributed by atoms with Crippen molar-refractivity contribution in [3.63, 3.8) is 0 Å². The van der Waals surface area contributed by atoms with Crippen molar-refractivity contribution < 1.29 is 9.53 Å². The summed E-state index contributed by atoms with van der Waals surface area (Å²) < 4.78 is 5.44. The molecule has 1 aromatic carbocycles. The van der Waals surface area contributed by atoms with Gasteiger partial charge in [-0.25, -0.2) is 4.79 Å². The molecule has 1 heterocycles. The van der Waals surface area contributed by atoms with E-state index < -0.39 is 0 Å². The van der Waals surface area contributed by atoms with Crippen LogP contribution in [-0.2, 0) is 17.8 Å². The predicted octanol–water partition coefficient (Wildman–Crippen LogP) is 3.85. The van der Waals surface area contributed by atoms with Crippen LogP contribution in [0.1, 0.15) is 50.2 Å². The molecule has 0 radical (unpaired) electrons. The Hall–Kier alpha value is -1.55. The monoisotopic (exact) mass is 302 g/mol. The van der Waals surface area contributed by atoms with Crippen LogP contribution in [0.2, 0.25) is 0 Å². The molecule has 0 bridgehead atoms. The average molecular weight is 302 g/mol. The van der Waals surface area contributed by atoms with Crippen molar-refractivity contribution in [1.29, 1.82) is 0 Å². The van der Waals surface area contributed by atoms with E-state index in [1.807, 2.05) is 6.07 Å². The van der Waals surface area contributed by atoms with Crippen LogP contribution in [0, 0.1) is 5.92 Å². The molecule has 22 heavy (non-hydrogen) atoms. The van der Waals surface area contributed by atoms with Gasteiger partial charge in [0.05, 0.1) is 13.2 Å². The molecule has 0 saturated heterocycles. The Morgan fingerprint density at radius 2 is 2.05 bits per heavy atom. The maximum absolute atomic E-state index is 12.2. The number of hydrogen-bond donors (Lipinski definition) is 2. The van der Waals surface area contributed by atoms with E-state index in [-0.39, 0.29) is 6.03 Å². The van der Waals surface area contributed by atoms with Crippen LogP contribution >= 0.6 is 0 Å². The number of anilines is 1. The lowest BCUT2D eigenvalue weighted by Crippen LogP contribution is -2.40. The molecule has 1 fully saturated rings. The van der Waals surface area contributed by atoms with Crippen molar-refractivity contribution in [3.8, 4) is 0 Å². The third kappa shape index (κ3) is 3.80. The van der Waals surface area contributed by atoms with E-state index in [4.69, 9.17) is 4.74 Å². The van der Waals surface area contributed by atoms with Crippen LogP contribution in [0.3, 0.4) is 0 Å². The van der Waals surface area contributed by atoms with Crippen molar-refractivity contribution in [2.24, 2.45) is 5.92 Å². The van der Waals surface area contributed by atoms with Crippen molar-refractivity contribution in [1.82, 2.24) is 5.32 Å². The Morgan fingerprint density at radius 3 is 2.82 bits per heavy atom. The molecule has 1 aliphatic heterocycles. The van der Waals surface area contributed by atoms with E-state index in [1.165, 1.54) is 30.4 Å². The Labute approximate surface area is 132 Å². The first-order chi connectivity index (χ1) is 10.7. The van der Waals surface area contributed by atoms with Gasteiger partial charge in [0, 0.05) is 11.7 Å². The summed E-state index contributed by atoms with van der Waals surface area (Å²) in [4.78, 5) is 12.2. The maximum Gasteiger partial charge on any atom is 0.319 e. The largest absolute Gasteiger partial charge is 0.376 e. The Morgan fingerprint density at radius 1 is 1.23 bits per heavy atom. The second-order valence-corrected chi connectivity index (χ2v) is 6.51. The molecule has 2 aliphatic rings. The van der Waals surface area contributed by atoms with E-state index in [2.05, 4.69) is 29.7 Å². The number of benzene rings is 1. The lowest BCUT2D eigenvalue weighted by molar-refractivity contribution is 0.111. The first-order valence-corrected chi connectivity index (χ1v) is 8.51. The highest BCUT2D eigenvalue weighted by Gasteiger charge is 2.21. The smallest absolute Gasteiger partial charge is 0.319 e. The van der Waals surface area contributed by atoms with Crippen molar-refractivity contribution in [2.45, 2.75) is 58.1 Å². The van der Waals surface area contributed by atoms with E-state index in [1.54, 1.807) is 0 Å². The summed E-state index contributed by atoms with van der Waals surface area (Å²) in [6, 6.07) is 6.34. The minimum atomic E-state index is -0.0769. The molecule has 4 nitrogen and oxygen atoms in total. The van der Waals surface area contributed by atoms with Crippen LogP contribution in [0.15, 0.2) is 18.2 Å². The first-order valence-electron chi connectivity index (χ1n) is 8.51. The number of fused-ring (bicyclic) bond motifs is 1. The second-order valence-electron chi connectivity index (χ2n) is 6.51. The summed E-state index contributed by atoms with van der Waals surface area (Å²) in [7, 11) is 0. The maximum atomic E-state index is 12.2. The third-order valence-electron chi connectivity index (χ3n) is 5.00. The highest BCUT2D eigenvalue weighted by molar-refractivity contribution is 5.89. The summed E-state index contributed by atoms with van der Waals surface area (Å²) in [6.07, 6.45) is 6.87. The summed E-state index contributed by atoms with van der Waals surface area (Å²) in [5.74, 6) is 0.851. The second kappa shape index (κ2) is 7.14. The zero-order chi connectivity index (χ0) is 15.4. The van der Waals surface area contributed by atoms with Crippen LogP contribution in [0.4, 0.5) is 10.5 Å². The first kappa shape index (κ1) is 15.3. The Kier molecular flexibility index (Phi) is 4.98. The van der Waals surface area contributed by atoms with E-state index in [0.29, 0.717) is 12.6 Å². The number of hydrogen-bond acceptors (Lipinski definition) is 2. The van der Waals surface area contributed by atoms with Gasteiger partial charge in [-0.05, 0) is 61.3 Å². The van der Waals surface area contributed by atoms with Gasteiger partial charge >= 0.3 is 6.03 Å². The molecule has 1 saturated carbocycles. The molecule has 1 aliphatic carbocycles. The highest BCUT2D eigenvalue weighted by atomic mass is 16.5. The molecule has 2 amide bonds. The number of carbonyl (C=O) groups is 1. The molecule has 3 rings (SSSR count). The zero-order valence-electron chi connectivity index (χ0n) is 13.4. The van der Waals surface area contributed by atoms with Crippen LogP contribution < -0.4 is 10.6 Å². The lowest BCUT2D eigenvalue weighted by atomic mass is 9.85. The predicted molar refractivity (Wildman–Crippen MR) is 88.0 cm³/mol. The molecule has 0 atom stereocenters. The van der Waals surface area contributed by atoms with Crippen molar-refractivity contribution in [3.05, 3.63) is 29.3 Å². The Bertz CT molecular complexity index is 522. The third-order valence-corrected chi connectivity index (χ3v) is 5.00. The van der Waals surface area contributed by atoms with Crippen LogP contribution in [-0.4, -0.2) is 18.7 Å². The standard InChI is InChI=1S/C18H26N2O2/c1-2-13-3-6-16(7-4-13)19-18(21)20-17-8-5-15-12-22-10-9-14(15)11-17/h5,8,11,13,16H,2-4,6-7,9-10,12H2,1H3,(H2,19,20,21). The fraction of sp³-hybridized carbons (Fsp3) is 0.611. The van der Waals surface area contributed by atoms with Gasteiger partial charge in [0.15, 0.2) is 0 Å². The van der Waals surface area contributed by atoms with Crippen molar-refractivity contribution in [2.75, 3.05) is 11.9 Å². The fourth-order valence-corrected chi connectivity index (χ4v) is 3.51. The van der Waals surface area contributed by atoms with Gasteiger partial charge in [0.25, 0.3) is 0 Å². The number of rotatable bonds is 3. The summed E-state index contributed by atoms with van der Waals surface area (Å²) in [5.41, 5.74) is 3.39. The molecule has 120 valence electrons. The van der Waals surface area contributed by atoms with Crippen molar-refractivity contribution >= 4 is 11.7 Å². The van der Waals surface area contributed by atoms with E-state index in [9.17, 15) is 4.79 Å². The molecular formula is C18H26N2O2. The quantitative estimate of drug-likeness (QED) is 0.891. The number of ether oxygens (including phenoxy) is 1. The molecule has 1 aromatic rings. The Balaban J connectivity index is 1.51. The lowest BCUT2D eigenvalue weighted by Gasteiger charge is -2.28.